The van der Waals surface area contributed by atoms with Crippen LogP contribution >= 0.6 is 0 Å². The molecule has 0 aliphatic rings. The average molecular weight is 348 g/mol. The molecule has 1 aromatic carbocycles. The number of carbonyl (C=O) groups is 1. The third-order valence-electron chi connectivity index (χ3n) is 3.72. The van der Waals surface area contributed by atoms with Gasteiger partial charge in [-0.3, -0.25) is 4.79 Å². The van der Waals surface area contributed by atoms with Crippen molar-refractivity contribution in [3.63, 3.8) is 0 Å². The lowest BCUT2D eigenvalue weighted by Gasteiger charge is -2.11. The van der Waals surface area contributed by atoms with Crippen molar-refractivity contribution in [2.45, 2.75) is 26.0 Å². The molecule has 1 heterocycles. The highest BCUT2D eigenvalue weighted by atomic mass is 32.2. The van der Waals surface area contributed by atoms with Crippen LogP contribution in [0.3, 0.4) is 0 Å². The second-order valence-electron chi connectivity index (χ2n) is 5.69. The van der Waals surface area contributed by atoms with Crippen molar-refractivity contribution in [2.24, 2.45) is 0 Å². The van der Waals surface area contributed by atoms with Crippen molar-refractivity contribution in [2.75, 3.05) is 11.6 Å². The zero-order valence-electron chi connectivity index (χ0n) is 14.0. The van der Waals surface area contributed by atoms with Crippen LogP contribution in [0.5, 0.6) is 11.6 Å². The van der Waals surface area contributed by atoms with Crippen LogP contribution < -0.4 is 10.1 Å². The van der Waals surface area contributed by atoms with E-state index in [0.717, 1.165) is 11.8 Å². The van der Waals surface area contributed by atoms with Crippen LogP contribution in [0.4, 0.5) is 5.69 Å². The number of aromatic nitrogens is 1. The lowest BCUT2D eigenvalue weighted by atomic mass is 10.1. The van der Waals surface area contributed by atoms with Crippen molar-refractivity contribution < 1.29 is 17.9 Å². The number of aryl methyl sites for hydroxylation is 2. The van der Waals surface area contributed by atoms with E-state index in [1.807, 2.05) is 32.0 Å². The number of sulfone groups is 1. The highest BCUT2D eigenvalue weighted by Gasteiger charge is 2.23. The molecule has 128 valence electrons. The van der Waals surface area contributed by atoms with Gasteiger partial charge < -0.3 is 10.1 Å². The zero-order valence-corrected chi connectivity index (χ0v) is 14.8. The highest BCUT2D eigenvalue weighted by molar-refractivity contribution is 7.92. The summed E-state index contributed by atoms with van der Waals surface area (Å²) in [7, 11) is -3.44. The molecule has 6 nitrogen and oxygen atoms in total. The summed E-state index contributed by atoms with van der Waals surface area (Å²) in [5.74, 6) is 0.461. The first-order chi connectivity index (χ1) is 11.2. The second kappa shape index (κ2) is 7.00. The Labute approximate surface area is 141 Å². The van der Waals surface area contributed by atoms with Crippen molar-refractivity contribution in [1.82, 2.24) is 4.98 Å². The van der Waals surface area contributed by atoms with Crippen LogP contribution in [0.1, 0.15) is 18.1 Å². The third kappa shape index (κ3) is 4.55. The van der Waals surface area contributed by atoms with Crippen molar-refractivity contribution >= 4 is 21.4 Å². The molecule has 0 saturated heterocycles. The monoisotopic (exact) mass is 348 g/mol. The highest BCUT2D eigenvalue weighted by Crippen LogP contribution is 2.23. The summed E-state index contributed by atoms with van der Waals surface area (Å²) in [4.78, 5) is 16.0. The van der Waals surface area contributed by atoms with Crippen LogP contribution in [-0.2, 0) is 14.6 Å². The van der Waals surface area contributed by atoms with Crippen LogP contribution in [-0.4, -0.2) is 30.8 Å². The molecule has 2 rings (SSSR count). The summed E-state index contributed by atoms with van der Waals surface area (Å²) in [6.45, 7) is 5.36. The Morgan fingerprint density at radius 1 is 1.17 bits per heavy atom. The third-order valence-corrected chi connectivity index (χ3v) is 5.21. The van der Waals surface area contributed by atoms with Crippen LogP contribution in [0.2, 0.25) is 0 Å². The van der Waals surface area contributed by atoms with Gasteiger partial charge in [-0.05, 0) is 50.1 Å². The van der Waals surface area contributed by atoms with E-state index in [4.69, 9.17) is 4.74 Å². The minimum atomic E-state index is -3.44. The average Bonchev–Trinajstić information content (AvgIpc) is 2.51. The molecule has 0 bridgehead atoms. The summed E-state index contributed by atoms with van der Waals surface area (Å²) in [6.07, 6.45) is 2.44. The fraction of sp³-hybridized carbons (Fsp3) is 0.294. The number of hydrogen-bond acceptors (Lipinski definition) is 5. The fourth-order valence-corrected chi connectivity index (χ4v) is 2.30. The first-order valence-corrected chi connectivity index (χ1v) is 9.33. The standard InChI is InChI=1S/C17H20N2O4S/c1-11-5-7-15(9-12(11)2)23-16-8-6-14(10-18-16)19-17(20)13(3)24(4,21)22/h5-10,13H,1-4H3,(H,19,20)/t13-/m0/s1. The molecular formula is C17H20N2O4S. The summed E-state index contributed by atoms with van der Waals surface area (Å²) >= 11 is 0. The summed E-state index contributed by atoms with van der Waals surface area (Å²) in [5, 5.41) is 1.40. The van der Waals surface area contributed by atoms with E-state index < -0.39 is 21.0 Å². The number of anilines is 1. The smallest absolute Gasteiger partial charge is 0.242 e. The summed E-state index contributed by atoms with van der Waals surface area (Å²) < 4.78 is 28.4. The van der Waals surface area contributed by atoms with Crippen LogP contribution in [0, 0.1) is 13.8 Å². The number of carbonyl (C=O) groups excluding carboxylic acids is 1. The Morgan fingerprint density at radius 3 is 2.42 bits per heavy atom. The molecule has 1 aromatic heterocycles. The SMILES string of the molecule is Cc1ccc(Oc2ccc(NC(=O)[C@H](C)S(C)(=O)=O)cn2)cc1C. The van der Waals surface area contributed by atoms with Gasteiger partial charge in [0.1, 0.15) is 11.0 Å². The van der Waals surface area contributed by atoms with E-state index in [1.54, 1.807) is 12.1 Å². The molecule has 0 aliphatic heterocycles. The first kappa shape index (κ1) is 17.9. The molecule has 0 fully saturated rings. The lowest BCUT2D eigenvalue weighted by molar-refractivity contribution is -0.115. The predicted octanol–water partition coefficient (Wildman–Crippen LogP) is 2.86. The number of benzene rings is 1. The molecule has 0 aliphatic carbocycles. The van der Waals surface area contributed by atoms with Crippen molar-refractivity contribution in [3.8, 4) is 11.6 Å². The molecule has 2 aromatic rings. The Hall–Kier alpha value is -2.41. The van der Waals surface area contributed by atoms with E-state index in [9.17, 15) is 13.2 Å². The largest absolute Gasteiger partial charge is 0.439 e. The number of nitrogens with one attached hydrogen (secondary N) is 1. The number of pyridine rings is 1. The number of nitrogens with zero attached hydrogens (tertiary/aromatic N) is 1. The quantitative estimate of drug-likeness (QED) is 0.898. The molecule has 0 spiro atoms. The number of rotatable bonds is 5. The van der Waals surface area contributed by atoms with E-state index in [1.165, 1.54) is 18.7 Å². The topological polar surface area (TPSA) is 85.4 Å². The minimum Gasteiger partial charge on any atom is -0.439 e. The minimum absolute atomic E-state index is 0.382. The molecule has 1 amide bonds. The van der Waals surface area contributed by atoms with Crippen LogP contribution in [0.25, 0.3) is 0 Å². The maximum absolute atomic E-state index is 11.9. The van der Waals surface area contributed by atoms with E-state index >= 15 is 0 Å². The van der Waals surface area contributed by atoms with E-state index in [-0.39, 0.29) is 0 Å². The summed E-state index contributed by atoms with van der Waals surface area (Å²) in [6, 6.07) is 8.95. The molecule has 24 heavy (non-hydrogen) atoms. The van der Waals surface area contributed by atoms with Gasteiger partial charge in [-0.25, -0.2) is 13.4 Å². The Morgan fingerprint density at radius 2 is 1.88 bits per heavy atom. The fourth-order valence-electron chi connectivity index (χ4n) is 1.85. The number of hydrogen-bond donors (Lipinski definition) is 1. The molecule has 0 radical (unpaired) electrons. The Kier molecular flexibility index (Phi) is 5.23. The summed E-state index contributed by atoms with van der Waals surface area (Å²) in [5.41, 5.74) is 2.70. The number of amides is 1. The van der Waals surface area contributed by atoms with Gasteiger partial charge >= 0.3 is 0 Å². The van der Waals surface area contributed by atoms with Gasteiger partial charge in [0.2, 0.25) is 11.8 Å². The van der Waals surface area contributed by atoms with Gasteiger partial charge in [0.25, 0.3) is 0 Å². The second-order valence-corrected chi connectivity index (χ2v) is 8.06. The maximum Gasteiger partial charge on any atom is 0.242 e. The molecule has 7 heteroatoms. The maximum atomic E-state index is 11.9. The van der Waals surface area contributed by atoms with Crippen molar-refractivity contribution in [3.05, 3.63) is 47.7 Å². The zero-order chi connectivity index (χ0) is 17.9. The molecule has 0 unspecified atom stereocenters. The molecule has 1 N–H and O–H groups in total. The number of ether oxygens (including phenoxy) is 1. The van der Waals surface area contributed by atoms with Gasteiger partial charge in [0.05, 0.1) is 11.9 Å². The molecule has 0 saturated carbocycles. The van der Waals surface area contributed by atoms with E-state index in [2.05, 4.69) is 10.3 Å². The molecular weight excluding hydrogens is 328 g/mol. The predicted molar refractivity (Wildman–Crippen MR) is 93.2 cm³/mol. The van der Waals surface area contributed by atoms with Gasteiger partial charge in [0, 0.05) is 12.3 Å². The Balaban J connectivity index is 2.05. The van der Waals surface area contributed by atoms with Crippen molar-refractivity contribution in [1.29, 1.82) is 0 Å². The van der Waals surface area contributed by atoms with E-state index in [0.29, 0.717) is 17.3 Å². The van der Waals surface area contributed by atoms with Crippen LogP contribution in [0.15, 0.2) is 36.5 Å². The lowest BCUT2D eigenvalue weighted by Crippen LogP contribution is -2.31. The van der Waals surface area contributed by atoms with Gasteiger partial charge in [0.15, 0.2) is 9.84 Å². The normalized spacial score (nSPS) is 12.5. The van der Waals surface area contributed by atoms with Gasteiger partial charge in [-0.15, -0.1) is 0 Å². The molecule has 1 atom stereocenters. The first-order valence-electron chi connectivity index (χ1n) is 7.37. The van der Waals surface area contributed by atoms with Gasteiger partial charge in [-0.1, -0.05) is 6.07 Å². The van der Waals surface area contributed by atoms with Gasteiger partial charge in [-0.2, -0.15) is 0 Å². The Bertz CT molecular complexity index is 845.